The highest BCUT2D eigenvalue weighted by Crippen LogP contribution is 2.42. The standard InChI is InChI=1S/C13H19N3.C7H16N2/c14-12-7-11(10-1-2-10)8-13(9-12)16-5-3-15-4-6-16;1-6-5-7(8)3-4-9(6)2/h7-10,15H,1-6,14H2;6-7H,3-5,8H2,1-2H3. The lowest BCUT2D eigenvalue weighted by atomic mass is 10.0. The van der Waals surface area contributed by atoms with Gasteiger partial charge >= 0.3 is 0 Å². The van der Waals surface area contributed by atoms with Crippen molar-refractivity contribution in [3.8, 4) is 0 Å². The monoisotopic (exact) mass is 345 g/mol. The van der Waals surface area contributed by atoms with Crippen molar-refractivity contribution in [2.75, 3.05) is 50.4 Å². The summed E-state index contributed by atoms with van der Waals surface area (Å²) in [6.45, 7) is 7.74. The van der Waals surface area contributed by atoms with Crippen LogP contribution in [0, 0.1) is 0 Å². The molecule has 3 aliphatic rings. The minimum absolute atomic E-state index is 0.455. The van der Waals surface area contributed by atoms with Crippen molar-refractivity contribution in [1.29, 1.82) is 0 Å². The van der Waals surface area contributed by atoms with E-state index in [0.717, 1.165) is 44.2 Å². The molecule has 3 fully saturated rings. The summed E-state index contributed by atoms with van der Waals surface area (Å²) in [6, 6.07) is 7.73. The normalized spacial score (nSPS) is 27.6. The van der Waals surface area contributed by atoms with Gasteiger partial charge in [0.2, 0.25) is 0 Å². The number of likely N-dealkylation sites (tertiary alicyclic amines) is 1. The molecule has 2 atom stereocenters. The van der Waals surface area contributed by atoms with Gasteiger partial charge in [-0.3, -0.25) is 0 Å². The molecule has 0 bridgehead atoms. The maximum Gasteiger partial charge on any atom is 0.0390 e. The van der Waals surface area contributed by atoms with Gasteiger partial charge < -0.3 is 26.6 Å². The van der Waals surface area contributed by atoms with Crippen LogP contribution in [0.25, 0.3) is 0 Å². The van der Waals surface area contributed by atoms with E-state index in [0.29, 0.717) is 12.1 Å². The second-order valence-electron chi connectivity index (χ2n) is 7.98. The number of hydrogen-bond donors (Lipinski definition) is 3. The average Bonchev–Trinajstić information content (AvgIpc) is 3.44. The predicted molar refractivity (Wildman–Crippen MR) is 107 cm³/mol. The Hall–Kier alpha value is -1.30. The molecule has 2 saturated heterocycles. The van der Waals surface area contributed by atoms with Gasteiger partial charge in [0.15, 0.2) is 0 Å². The fraction of sp³-hybridized carbons (Fsp3) is 0.700. The van der Waals surface area contributed by atoms with Crippen LogP contribution in [0.4, 0.5) is 11.4 Å². The summed E-state index contributed by atoms with van der Waals surface area (Å²) in [5, 5.41) is 3.38. The van der Waals surface area contributed by atoms with E-state index in [1.165, 1.54) is 37.1 Å². The van der Waals surface area contributed by atoms with Crippen LogP contribution < -0.4 is 21.7 Å². The first kappa shape index (κ1) is 18.5. The molecule has 2 heterocycles. The van der Waals surface area contributed by atoms with Gasteiger partial charge in [-0.15, -0.1) is 0 Å². The van der Waals surface area contributed by atoms with Crippen molar-refractivity contribution in [2.45, 2.75) is 50.6 Å². The number of nitrogens with zero attached hydrogens (tertiary/aromatic N) is 2. The van der Waals surface area contributed by atoms with Gasteiger partial charge in [0, 0.05) is 49.6 Å². The molecule has 0 radical (unpaired) electrons. The van der Waals surface area contributed by atoms with Crippen molar-refractivity contribution in [3.63, 3.8) is 0 Å². The van der Waals surface area contributed by atoms with Gasteiger partial charge in [0.1, 0.15) is 0 Å². The molecule has 140 valence electrons. The van der Waals surface area contributed by atoms with Gasteiger partial charge in [0.05, 0.1) is 0 Å². The van der Waals surface area contributed by atoms with Crippen molar-refractivity contribution in [3.05, 3.63) is 23.8 Å². The van der Waals surface area contributed by atoms with Gasteiger partial charge in [-0.2, -0.15) is 0 Å². The first-order valence-electron chi connectivity index (χ1n) is 9.85. The van der Waals surface area contributed by atoms with E-state index < -0.39 is 0 Å². The molecule has 1 aromatic rings. The van der Waals surface area contributed by atoms with Gasteiger partial charge in [-0.1, -0.05) is 0 Å². The lowest BCUT2D eigenvalue weighted by Gasteiger charge is -2.33. The van der Waals surface area contributed by atoms with Gasteiger partial charge in [-0.25, -0.2) is 0 Å². The Labute approximate surface area is 152 Å². The summed E-state index contributed by atoms with van der Waals surface area (Å²) < 4.78 is 0. The van der Waals surface area contributed by atoms with Gasteiger partial charge in [-0.05, 0) is 75.9 Å². The molecule has 2 aliphatic heterocycles. The lowest BCUT2D eigenvalue weighted by molar-refractivity contribution is 0.184. The topological polar surface area (TPSA) is 70.5 Å². The molecule has 1 aromatic carbocycles. The van der Waals surface area contributed by atoms with Crippen LogP contribution in [0.3, 0.4) is 0 Å². The minimum atomic E-state index is 0.455. The second kappa shape index (κ2) is 8.39. The zero-order valence-corrected chi connectivity index (χ0v) is 15.9. The third-order valence-corrected chi connectivity index (χ3v) is 5.74. The molecular formula is C20H35N5. The van der Waals surface area contributed by atoms with Gasteiger partial charge in [0.25, 0.3) is 0 Å². The highest BCUT2D eigenvalue weighted by Gasteiger charge is 2.24. The molecule has 25 heavy (non-hydrogen) atoms. The molecule has 1 saturated carbocycles. The summed E-state index contributed by atoms with van der Waals surface area (Å²) in [5.41, 5.74) is 15.4. The van der Waals surface area contributed by atoms with Crippen LogP contribution in [0.15, 0.2) is 18.2 Å². The van der Waals surface area contributed by atoms with Crippen molar-refractivity contribution in [1.82, 2.24) is 10.2 Å². The Balaban J connectivity index is 0.000000173. The second-order valence-corrected chi connectivity index (χ2v) is 7.98. The van der Waals surface area contributed by atoms with E-state index >= 15 is 0 Å². The number of nitrogen functional groups attached to an aromatic ring is 1. The Bertz CT molecular complexity index is 551. The molecular weight excluding hydrogens is 310 g/mol. The quantitative estimate of drug-likeness (QED) is 0.715. The molecule has 2 unspecified atom stereocenters. The number of nitrogens with one attached hydrogen (secondary N) is 1. The maximum atomic E-state index is 5.99. The van der Waals surface area contributed by atoms with Crippen LogP contribution >= 0.6 is 0 Å². The zero-order valence-electron chi connectivity index (χ0n) is 15.9. The van der Waals surface area contributed by atoms with E-state index in [2.05, 4.69) is 47.3 Å². The van der Waals surface area contributed by atoms with E-state index in [1.54, 1.807) is 0 Å². The zero-order chi connectivity index (χ0) is 17.8. The summed E-state index contributed by atoms with van der Waals surface area (Å²) in [5.74, 6) is 0.783. The smallest absolute Gasteiger partial charge is 0.0390 e. The van der Waals surface area contributed by atoms with Crippen LogP contribution in [0.5, 0.6) is 0 Å². The lowest BCUT2D eigenvalue weighted by Crippen LogP contribution is -2.43. The largest absolute Gasteiger partial charge is 0.399 e. The minimum Gasteiger partial charge on any atom is -0.399 e. The van der Waals surface area contributed by atoms with E-state index in [-0.39, 0.29) is 0 Å². The van der Waals surface area contributed by atoms with Crippen LogP contribution in [-0.4, -0.2) is 56.8 Å². The van der Waals surface area contributed by atoms with Crippen molar-refractivity contribution in [2.24, 2.45) is 5.73 Å². The van der Waals surface area contributed by atoms with Crippen molar-refractivity contribution < 1.29 is 0 Å². The highest BCUT2D eigenvalue weighted by molar-refractivity contribution is 5.59. The maximum absolute atomic E-state index is 5.99. The van der Waals surface area contributed by atoms with Crippen LogP contribution in [0.2, 0.25) is 0 Å². The van der Waals surface area contributed by atoms with E-state index in [9.17, 15) is 0 Å². The summed E-state index contributed by atoms with van der Waals surface area (Å²) in [4.78, 5) is 4.79. The molecule has 5 nitrogen and oxygen atoms in total. The number of piperidine rings is 1. The molecule has 5 N–H and O–H groups in total. The SMILES string of the molecule is CC1CC(N)CCN1C.Nc1cc(C2CC2)cc(N2CCNCC2)c1. The fourth-order valence-corrected chi connectivity index (χ4v) is 3.74. The summed E-state index contributed by atoms with van der Waals surface area (Å²) in [7, 11) is 2.16. The van der Waals surface area contributed by atoms with E-state index in [4.69, 9.17) is 11.5 Å². The molecule has 5 heteroatoms. The third-order valence-electron chi connectivity index (χ3n) is 5.74. The predicted octanol–water partition coefficient (Wildman–Crippen LogP) is 1.98. The summed E-state index contributed by atoms with van der Waals surface area (Å²) >= 11 is 0. The van der Waals surface area contributed by atoms with Crippen molar-refractivity contribution >= 4 is 11.4 Å². The Morgan fingerprint density at radius 1 is 1.04 bits per heavy atom. The Morgan fingerprint density at radius 2 is 1.76 bits per heavy atom. The first-order valence-corrected chi connectivity index (χ1v) is 9.85. The summed E-state index contributed by atoms with van der Waals surface area (Å²) in [6.07, 6.45) is 5.01. The third kappa shape index (κ3) is 5.33. The number of rotatable bonds is 2. The molecule has 0 spiro atoms. The number of benzene rings is 1. The molecule has 4 rings (SSSR count). The Kier molecular flexibility index (Phi) is 6.20. The number of nitrogens with two attached hydrogens (primary N) is 2. The number of piperazine rings is 1. The number of hydrogen-bond acceptors (Lipinski definition) is 5. The van der Waals surface area contributed by atoms with Crippen LogP contribution in [0.1, 0.15) is 44.1 Å². The highest BCUT2D eigenvalue weighted by atomic mass is 15.2. The first-order chi connectivity index (χ1) is 12.0. The Morgan fingerprint density at radius 3 is 2.36 bits per heavy atom. The molecule has 1 aliphatic carbocycles. The molecule has 0 amide bonds. The average molecular weight is 346 g/mol. The van der Waals surface area contributed by atoms with E-state index in [1.807, 2.05) is 0 Å². The molecule has 0 aromatic heterocycles. The van der Waals surface area contributed by atoms with Crippen LogP contribution in [-0.2, 0) is 0 Å². The number of anilines is 2. The fourth-order valence-electron chi connectivity index (χ4n) is 3.74.